The van der Waals surface area contributed by atoms with Crippen molar-refractivity contribution < 1.29 is 18.6 Å². The zero-order chi connectivity index (χ0) is 16.7. The number of benzene rings is 2. The number of aromatic hydroxyl groups is 1. The highest BCUT2D eigenvalue weighted by atomic mass is 32.2. The monoisotopic (exact) mass is 340 g/mol. The number of ketones is 1. The first-order valence-electron chi connectivity index (χ1n) is 7.18. The molecular weight excluding hydrogens is 328 g/mol. The van der Waals surface area contributed by atoms with Gasteiger partial charge in [-0.2, -0.15) is 0 Å². The van der Waals surface area contributed by atoms with E-state index in [1.807, 2.05) is 24.3 Å². The Bertz CT molecular complexity index is 993. The zero-order valence-corrected chi connectivity index (χ0v) is 13.2. The van der Waals surface area contributed by atoms with Gasteiger partial charge in [-0.05, 0) is 18.2 Å². The summed E-state index contributed by atoms with van der Waals surface area (Å²) in [4.78, 5) is 17.1. The summed E-state index contributed by atoms with van der Waals surface area (Å²) in [6.45, 7) is -0.0675. The van der Waals surface area contributed by atoms with Crippen LogP contribution in [-0.4, -0.2) is 25.7 Å². The molecule has 2 aromatic carbocycles. The zero-order valence-electron chi connectivity index (χ0n) is 12.3. The van der Waals surface area contributed by atoms with Crippen molar-refractivity contribution in [1.82, 2.24) is 4.57 Å². The Morgan fingerprint density at radius 1 is 1.12 bits per heavy atom. The summed E-state index contributed by atoms with van der Waals surface area (Å²) in [5.74, 6) is -0.341. The minimum atomic E-state index is -0.221. The van der Waals surface area contributed by atoms with Gasteiger partial charge in [-0.1, -0.05) is 30.3 Å². The third kappa shape index (κ3) is 2.14. The van der Waals surface area contributed by atoms with Crippen molar-refractivity contribution in [2.45, 2.75) is 6.73 Å². The van der Waals surface area contributed by atoms with E-state index in [0.29, 0.717) is 27.7 Å². The molecule has 0 unspecified atom stereocenters. The fourth-order valence-corrected chi connectivity index (χ4v) is 3.11. The smallest absolute Gasteiger partial charge is 0.214 e. The van der Waals surface area contributed by atoms with Gasteiger partial charge in [0.15, 0.2) is 12.3 Å². The number of aliphatic imine (C=N–C) groups is 1. The number of nitrogens with zero attached hydrogens (tertiary/aromatic N) is 2. The van der Waals surface area contributed by atoms with Gasteiger partial charge in [-0.25, -0.2) is 4.99 Å². The number of carbonyl (C=O) groups excluding carboxylic acids is 1. The molecule has 24 heavy (non-hydrogen) atoms. The third-order valence-electron chi connectivity index (χ3n) is 4.01. The maximum absolute atomic E-state index is 12.7. The van der Waals surface area contributed by atoms with Crippen molar-refractivity contribution in [3.63, 3.8) is 0 Å². The molecule has 0 fully saturated rings. The standard InChI is InChI=1S/C17H12N2O4S/c20-16-10-5-1-3-7-12(10)18-15(16)14-11-6-2-4-8-13(11)19(17(14)21)9-23-24-22/h1-8,21-22H,9H2. The normalized spacial score (nSPS) is 13.4. The van der Waals surface area contributed by atoms with Crippen molar-refractivity contribution in [1.29, 1.82) is 0 Å². The SMILES string of the molecule is O=C1C(c2c(O)n(COSO)c3ccccc23)=Nc2ccccc21. The van der Waals surface area contributed by atoms with Crippen LogP contribution < -0.4 is 0 Å². The van der Waals surface area contributed by atoms with Crippen LogP contribution in [0.4, 0.5) is 5.69 Å². The number of carbonyl (C=O) groups is 1. The molecule has 6 nitrogen and oxygen atoms in total. The Morgan fingerprint density at radius 2 is 1.88 bits per heavy atom. The highest BCUT2D eigenvalue weighted by molar-refractivity contribution is 7.88. The number of aromatic nitrogens is 1. The van der Waals surface area contributed by atoms with Gasteiger partial charge in [0.1, 0.15) is 12.4 Å². The molecule has 120 valence electrons. The van der Waals surface area contributed by atoms with Crippen LogP contribution in [0.5, 0.6) is 5.88 Å². The summed E-state index contributed by atoms with van der Waals surface area (Å²) in [6, 6.07) is 14.3. The van der Waals surface area contributed by atoms with Crippen molar-refractivity contribution in [3.8, 4) is 5.88 Å². The van der Waals surface area contributed by atoms with Gasteiger partial charge in [-0.15, -0.1) is 0 Å². The van der Waals surface area contributed by atoms with Gasteiger partial charge in [0, 0.05) is 10.9 Å². The van der Waals surface area contributed by atoms with Crippen LogP contribution in [-0.2, 0) is 10.9 Å². The average molecular weight is 340 g/mol. The van der Waals surface area contributed by atoms with Crippen LogP contribution in [0.1, 0.15) is 15.9 Å². The van der Waals surface area contributed by atoms with E-state index in [-0.39, 0.29) is 36.4 Å². The molecule has 0 saturated heterocycles. The van der Waals surface area contributed by atoms with Gasteiger partial charge in [0.05, 0.1) is 16.8 Å². The summed E-state index contributed by atoms with van der Waals surface area (Å²) in [6.07, 6.45) is 0. The number of para-hydroxylation sites is 2. The summed E-state index contributed by atoms with van der Waals surface area (Å²) >= 11 is 0.216. The van der Waals surface area contributed by atoms with E-state index in [4.69, 9.17) is 8.74 Å². The lowest BCUT2D eigenvalue weighted by Gasteiger charge is -2.05. The Morgan fingerprint density at radius 3 is 2.67 bits per heavy atom. The second-order valence-corrected chi connectivity index (χ2v) is 5.66. The molecule has 0 spiro atoms. The molecule has 3 aromatic rings. The van der Waals surface area contributed by atoms with E-state index >= 15 is 0 Å². The van der Waals surface area contributed by atoms with Crippen LogP contribution in [0.3, 0.4) is 0 Å². The number of fused-ring (bicyclic) bond motifs is 2. The van der Waals surface area contributed by atoms with E-state index in [9.17, 15) is 9.90 Å². The molecular formula is C17H12N2O4S. The van der Waals surface area contributed by atoms with Crippen LogP contribution in [0, 0.1) is 0 Å². The molecule has 2 N–H and O–H groups in total. The predicted molar refractivity (Wildman–Crippen MR) is 91.9 cm³/mol. The van der Waals surface area contributed by atoms with Crippen molar-refractivity contribution in [2.75, 3.05) is 0 Å². The van der Waals surface area contributed by atoms with Crippen LogP contribution >= 0.6 is 12.3 Å². The molecule has 7 heteroatoms. The lowest BCUT2D eigenvalue weighted by atomic mass is 10.0. The van der Waals surface area contributed by atoms with Gasteiger partial charge in [-0.3, -0.25) is 13.5 Å². The van der Waals surface area contributed by atoms with E-state index < -0.39 is 0 Å². The largest absolute Gasteiger partial charge is 0.494 e. The summed E-state index contributed by atoms with van der Waals surface area (Å²) < 4.78 is 15.2. The highest BCUT2D eigenvalue weighted by Crippen LogP contribution is 2.37. The van der Waals surface area contributed by atoms with Crippen LogP contribution in [0.15, 0.2) is 53.5 Å². The Labute approximate surface area is 141 Å². The second kappa shape index (κ2) is 5.79. The quantitative estimate of drug-likeness (QED) is 0.707. The van der Waals surface area contributed by atoms with E-state index in [0.717, 1.165) is 0 Å². The van der Waals surface area contributed by atoms with Crippen molar-refractivity contribution >= 4 is 40.4 Å². The summed E-state index contributed by atoms with van der Waals surface area (Å²) in [5, 5.41) is 11.4. The van der Waals surface area contributed by atoms with Gasteiger partial charge >= 0.3 is 0 Å². The Balaban J connectivity index is 1.93. The molecule has 4 rings (SSSR count). The second-order valence-electron chi connectivity index (χ2n) is 5.27. The van der Waals surface area contributed by atoms with Gasteiger partial charge in [0.2, 0.25) is 11.7 Å². The van der Waals surface area contributed by atoms with E-state index in [2.05, 4.69) is 4.99 Å². The minimum absolute atomic E-state index is 0.0675. The lowest BCUT2D eigenvalue weighted by molar-refractivity contribution is 0.107. The molecule has 0 radical (unpaired) electrons. The van der Waals surface area contributed by atoms with Crippen molar-refractivity contribution in [3.05, 3.63) is 59.7 Å². The molecule has 0 amide bonds. The molecule has 2 heterocycles. The topological polar surface area (TPSA) is 84.0 Å². The number of hydrogen-bond acceptors (Lipinski definition) is 6. The first-order valence-corrected chi connectivity index (χ1v) is 7.88. The molecule has 0 saturated carbocycles. The van der Waals surface area contributed by atoms with E-state index in [1.165, 1.54) is 4.57 Å². The summed E-state index contributed by atoms with van der Waals surface area (Å²) in [7, 11) is 0. The maximum Gasteiger partial charge on any atom is 0.214 e. The highest BCUT2D eigenvalue weighted by Gasteiger charge is 2.31. The van der Waals surface area contributed by atoms with Crippen LogP contribution in [0.2, 0.25) is 0 Å². The first-order chi connectivity index (χ1) is 11.7. The lowest BCUT2D eigenvalue weighted by Crippen LogP contribution is -2.11. The molecule has 0 bridgehead atoms. The maximum atomic E-state index is 12.7. The molecule has 1 aliphatic heterocycles. The van der Waals surface area contributed by atoms with Gasteiger partial charge in [0.25, 0.3) is 0 Å². The molecule has 1 aliphatic rings. The average Bonchev–Trinajstić information content (AvgIpc) is 3.07. The molecule has 1 aromatic heterocycles. The minimum Gasteiger partial charge on any atom is -0.494 e. The van der Waals surface area contributed by atoms with E-state index in [1.54, 1.807) is 24.3 Å². The fourth-order valence-electron chi connectivity index (χ4n) is 2.96. The summed E-state index contributed by atoms with van der Waals surface area (Å²) in [5.41, 5.74) is 2.38. The van der Waals surface area contributed by atoms with Crippen molar-refractivity contribution in [2.24, 2.45) is 4.99 Å². The van der Waals surface area contributed by atoms with Gasteiger partial charge < -0.3 is 9.66 Å². The fraction of sp³-hybridized carbons (Fsp3) is 0.0588. The van der Waals surface area contributed by atoms with Crippen LogP contribution in [0.25, 0.3) is 10.9 Å². The Kier molecular flexibility index (Phi) is 3.61. The number of hydrogen-bond donors (Lipinski definition) is 2. The third-order valence-corrected chi connectivity index (χ3v) is 4.22. The Hall–Kier alpha value is -2.61. The predicted octanol–water partition coefficient (Wildman–Crippen LogP) is 3.76. The molecule has 0 aliphatic carbocycles. The number of Topliss-reactive ketones (excluding diaryl/α,β-unsaturated/α-hetero) is 1. The first kappa shape index (κ1) is 14.9. The molecule has 0 atom stereocenters. The number of rotatable bonds is 4.